The van der Waals surface area contributed by atoms with Crippen molar-refractivity contribution in [2.75, 3.05) is 32.8 Å². The van der Waals surface area contributed by atoms with Gasteiger partial charge in [0.1, 0.15) is 11.5 Å². The van der Waals surface area contributed by atoms with E-state index in [-0.39, 0.29) is 24.5 Å². The van der Waals surface area contributed by atoms with Gasteiger partial charge in [0, 0.05) is 18.8 Å². The topological polar surface area (TPSA) is 85.9 Å². The number of hydrogen-bond acceptors (Lipinski definition) is 5. The van der Waals surface area contributed by atoms with Crippen LogP contribution in [-0.2, 0) is 9.53 Å². The molecular weight excluding hydrogens is 348 g/mol. The van der Waals surface area contributed by atoms with Crippen LogP contribution in [0.5, 0.6) is 11.5 Å². The molecule has 0 aliphatic rings. The molecule has 0 aliphatic heterocycles. The SMILES string of the molecule is COC[C@@H](C)NC(=O)COc1ccc(NC(=O)c2ccccc2OC)cc1. The van der Waals surface area contributed by atoms with Crippen molar-refractivity contribution in [3.05, 3.63) is 54.1 Å². The minimum Gasteiger partial charge on any atom is -0.496 e. The Kier molecular flexibility index (Phi) is 7.63. The van der Waals surface area contributed by atoms with Gasteiger partial charge in [0.15, 0.2) is 6.61 Å². The number of benzene rings is 2. The molecule has 0 aromatic heterocycles. The highest BCUT2D eigenvalue weighted by atomic mass is 16.5. The van der Waals surface area contributed by atoms with Gasteiger partial charge in [0.25, 0.3) is 11.8 Å². The molecule has 0 fully saturated rings. The van der Waals surface area contributed by atoms with E-state index in [0.717, 1.165) is 0 Å². The lowest BCUT2D eigenvalue weighted by Gasteiger charge is -2.13. The Morgan fingerprint density at radius 1 is 1.04 bits per heavy atom. The van der Waals surface area contributed by atoms with E-state index in [2.05, 4.69) is 10.6 Å². The zero-order valence-corrected chi connectivity index (χ0v) is 15.7. The number of para-hydroxylation sites is 1. The number of ether oxygens (including phenoxy) is 3. The fourth-order valence-corrected chi connectivity index (χ4v) is 2.42. The Hall–Kier alpha value is -3.06. The van der Waals surface area contributed by atoms with Crippen molar-refractivity contribution in [3.63, 3.8) is 0 Å². The van der Waals surface area contributed by atoms with Crippen LogP contribution in [0.15, 0.2) is 48.5 Å². The monoisotopic (exact) mass is 372 g/mol. The van der Waals surface area contributed by atoms with E-state index in [9.17, 15) is 9.59 Å². The Bertz CT molecular complexity index is 761. The van der Waals surface area contributed by atoms with E-state index in [4.69, 9.17) is 14.2 Å². The van der Waals surface area contributed by atoms with Gasteiger partial charge in [-0.05, 0) is 43.3 Å². The highest BCUT2D eigenvalue weighted by Crippen LogP contribution is 2.20. The minimum atomic E-state index is -0.271. The van der Waals surface area contributed by atoms with Crippen molar-refractivity contribution in [2.24, 2.45) is 0 Å². The van der Waals surface area contributed by atoms with Crippen molar-refractivity contribution in [1.82, 2.24) is 5.32 Å². The molecule has 27 heavy (non-hydrogen) atoms. The van der Waals surface area contributed by atoms with E-state index >= 15 is 0 Å². The van der Waals surface area contributed by atoms with E-state index in [1.54, 1.807) is 55.6 Å². The van der Waals surface area contributed by atoms with E-state index < -0.39 is 0 Å². The van der Waals surface area contributed by atoms with Crippen LogP contribution >= 0.6 is 0 Å². The van der Waals surface area contributed by atoms with Gasteiger partial charge in [-0.15, -0.1) is 0 Å². The fourth-order valence-electron chi connectivity index (χ4n) is 2.42. The Labute approximate surface area is 158 Å². The van der Waals surface area contributed by atoms with Crippen LogP contribution in [0, 0.1) is 0 Å². The maximum Gasteiger partial charge on any atom is 0.259 e. The number of amides is 2. The largest absolute Gasteiger partial charge is 0.496 e. The molecule has 0 heterocycles. The first-order valence-electron chi connectivity index (χ1n) is 8.49. The zero-order chi connectivity index (χ0) is 19.6. The fraction of sp³-hybridized carbons (Fsp3) is 0.300. The average Bonchev–Trinajstić information content (AvgIpc) is 2.67. The second-order valence-electron chi connectivity index (χ2n) is 5.89. The summed E-state index contributed by atoms with van der Waals surface area (Å²) >= 11 is 0. The van der Waals surface area contributed by atoms with Gasteiger partial charge in [-0.3, -0.25) is 9.59 Å². The molecule has 7 nitrogen and oxygen atoms in total. The summed E-state index contributed by atoms with van der Waals surface area (Å²) in [6, 6.07) is 13.7. The van der Waals surface area contributed by atoms with Gasteiger partial charge < -0.3 is 24.8 Å². The lowest BCUT2D eigenvalue weighted by Crippen LogP contribution is -2.38. The Morgan fingerprint density at radius 3 is 2.41 bits per heavy atom. The van der Waals surface area contributed by atoms with Gasteiger partial charge in [-0.25, -0.2) is 0 Å². The average molecular weight is 372 g/mol. The van der Waals surface area contributed by atoms with Crippen LogP contribution in [-0.4, -0.2) is 45.3 Å². The summed E-state index contributed by atoms with van der Waals surface area (Å²) < 4.78 is 15.6. The predicted molar refractivity (Wildman–Crippen MR) is 102 cm³/mol. The minimum absolute atomic E-state index is 0.0846. The van der Waals surface area contributed by atoms with Crippen LogP contribution in [0.4, 0.5) is 5.69 Å². The van der Waals surface area contributed by atoms with Gasteiger partial charge >= 0.3 is 0 Å². The number of nitrogens with one attached hydrogen (secondary N) is 2. The number of anilines is 1. The van der Waals surface area contributed by atoms with Crippen LogP contribution in [0.2, 0.25) is 0 Å². The van der Waals surface area contributed by atoms with Crippen LogP contribution in [0.3, 0.4) is 0 Å². The van der Waals surface area contributed by atoms with Crippen molar-refractivity contribution >= 4 is 17.5 Å². The standard InChI is InChI=1S/C20H24N2O5/c1-14(12-25-2)21-19(23)13-27-16-10-8-15(9-11-16)22-20(24)17-6-4-5-7-18(17)26-3/h4-11,14H,12-13H2,1-3H3,(H,21,23)(H,22,24)/t14-/m1/s1. The highest BCUT2D eigenvalue weighted by Gasteiger charge is 2.12. The van der Waals surface area contributed by atoms with E-state index in [1.165, 1.54) is 7.11 Å². The molecule has 7 heteroatoms. The number of hydrogen-bond donors (Lipinski definition) is 2. The Balaban J connectivity index is 1.88. The summed E-state index contributed by atoms with van der Waals surface area (Å²) in [7, 11) is 3.10. The number of methoxy groups -OCH3 is 2. The van der Waals surface area contributed by atoms with Crippen LogP contribution in [0.1, 0.15) is 17.3 Å². The van der Waals surface area contributed by atoms with Gasteiger partial charge in [-0.1, -0.05) is 12.1 Å². The van der Waals surface area contributed by atoms with E-state index in [1.807, 2.05) is 6.92 Å². The first kappa shape index (κ1) is 20.3. The number of carbonyl (C=O) groups is 2. The molecule has 0 radical (unpaired) electrons. The molecule has 2 aromatic carbocycles. The second kappa shape index (κ2) is 10.2. The Morgan fingerprint density at radius 2 is 1.74 bits per heavy atom. The first-order valence-corrected chi connectivity index (χ1v) is 8.49. The maximum absolute atomic E-state index is 12.4. The molecule has 2 rings (SSSR count). The summed E-state index contributed by atoms with van der Waals surface area (Å²) in [6.07, 6.45) is 0. The van der Waals surface area contributed by atoms with Gasteiger partial charge in [0.2, 0.25) is 0 Å². The molecule has 0 bridgehead atoms. The summed E-state index contributed by atoms with van der Waals surface area (Å²) in [5, 5.41) is 5.56. The smallest absolute Gasteiger partial charge is 0.259 e. The summed E-state index contributed by atoms with van der Waals surface area (Å²) in [5.74, 6) is 0.532. The maximum atomic E-state index is 12.4. The lowest BCUT2D eigenvalue weighted by atomic mass is 10.2. The second-order valence-corrected chi connectivity index (χ2v) is 5.89. The third kappa shape index (κ3) is 6.31. The van der Waals surface area contributed by atoms with Crippen molar-refractivity contribution in [3.8, 4) is 11.5 Å². The lowest BCUT2D eigenvalue weighted by molar-refractivity contribution is -0.124. The molecular formula is C20H24N2O5. The molecule has 0 aliphatic carbocycles. The van der Waals surface area contributed by atoms with Gasteiger partial charge in [0.05, 0.1) is 19.3 Å². The molecule has 0 saturated carbocycles. The van der Waals surface area contributed by atoms with Crippen molar-refractivity contribution < 1.29 is 23.8 Å². The predicted octanol–water partition coefficient (Wildman–Crippen LogP) is 2.48. The first-order chi connectivity index (χ1) is 13.0. The quantitative estimate of drug-likeness (QED) is 0.706. The van der Waals surface area contributed by atoms with E-state index in [0.29, 0.717) is 29.4 Å². The molecule has 0 unspecified atom stereocenters. The molecule has 0 saturated heterocycles. The number of carbonyl (C=O) groups excluding carboxylic acids is 2. The molecule has 2 N–H and O–H groups in total. The zero-order valence-electron chi connectivity index (χ0n) is 15.7. The summed E-state index contributed by atoms with van der Waals surface area (Å²) in [4.78, 5) is 24.1. The molecule has 2 aromatic rings. The van der Waals surface area contributed by atoms with Crippen molar-refractivity contribution in [2.45, 2.75) is 13.0 Å². The van der Waals surface area contributed by atoms with Crippen LogP contribution in [0.25, 0.3) is 0 Å². The summed E-state index contributed by atoms with van der Waals surface area (Å²) in [5.41, 5.74) is 1.05. The summed E-state index contributed by atoms with van der Waals surface area (Å²) in [6.45, 7) is 2.19. The van der Waals surface area contributed by atoms with Crippen molar-refractivity contribution in [1.29, 1.82) is 0 Å². The van der Waals surface area contributed by atoms with Crippen LogP contribution < -0.4 is 20.1 Å². The third-order valence-corrected chi connectivity index (χ3v) is 3.66. The highest BCUT2D eigenvalue weighted by molar-refractivity contribution is 6.06. The molecule has 0 spiro atoms. The molecule has 144 valence electrons. The molecule has 2 amide bonds. The molecule has 1 atom stereocenters. The number of rotatable bonds is 9. The normalized spacial score (nSPS) is 11.4. The van der Waals surface area contributed by atoms with Gasteiger partial charge in [-0.2, -0.15) is 0 Å². The third-order valence-electron chi connectivity index (χ3n) is 3.66.